The summed E-state index contributed by atoms with van der Waals surface area (Å²) in [5.74, 6) is -1.42. The fourth-order valence-electron chi connectivity index (χ4n) is 1.53. The first kappa shape index (κ1) is 21.2. The van der Waals surface area contributed by atoms with E-state index in [2.05, 4.69) is 10.6 Å². The van der Waals surface area contributed by atoms with Gasteiger partial charge >= 0.3 is 12.1 Å². The van der Waals surface area contributed by atoms with Gasteiger partial charge < -0.3 is 25.2 Å². The number of nitrogens with one attached hydrogen (secondary N) is 2. The van der Waals surface area contributed by atoms with Gasteiger partial charge in [-0.25, -0.2) is 9.59 Å². The number of amides is 2. The molecule has 0 aromatic rings. The Hall–Kier alpha value is -1.83. The Balaban J connectivity index is 5.03. The van der Waals surface area contributed by atoms with Crippen LogP contribution < -0.4 is 10.6 Å². The first-order chi connectivity index (χ1) is 10.2. The molecule has 0 aromatic heterocycles. The maximum atomic E-state index is 12.2. The highest BCUT2D eigenvalue weighted by atomic mass is 16.6. The van der Waals surface area contributed by atoms with Gasteiger partial charge in [0.15, 0.2) is 0 Å². The molecule has 0 radical (unpaired) electrons. The molecule has 0 heterocycles. The molecular weight excluding hydrogens is 304 g/mol. The number of hydrogen-bond acceptors (Lipinski definition) is 6. The number of rotatable bonds is 5. The third kappa shape index (κ3) is 9.72. The van der Waals surface area contributed by atoms with E-state index in [9.17, 15) is 19.5 Å². The summed E-state index contributed by atoms with van der Waals surface area (Å²) >= 11 is 0. The Kier molecular flexibility index (Phi) is 7.50. The third-order valence-electron chi connectivity index (χ3n) is 2.39. The summed E-state index contributed by atoms with van der Waals surface area (Å²) in [6.07, 6.45) is -2.63. The molecule has 0 saturated heterocycles. The minimum Gasteiger partial charge on any atom is -0.458 e. The number of alkyl carbamates (subject to hydrolysis) is 1. The summed E-state index contributed by atoms with van der Waals surface area (Å²) in [7, 11) is 1.36. The fraction of sp³-hybridized carbons (Fsp3) is 0.800. The van der Waals surface area contributed by atoms with Crippen LogP contribution in [0.2, 0.25) is 0 Å². The molecule has 2 amide bonds. The van der Waals surface area contributed by atoms with Crippen molar-refractivity contribution < 1.29 is 29.0 Å². The molecular formula is C15H28N2O6. The minimum absolute atomic E-state index is 0.326. The summed E-state index contributed by atoms with van der Waals surface area (Å²) in [4.78, 5) is 35.4. The van der Waals surface area contributed by atoms with Crippen molar-refractivity contribution in [3.63, 3.8) is 0 Å². The lowest BCUT2D eigenvalue weighted by Crippen LogP contribution is -2.49. The quantitative estimate of drug-likeness (QED) is 0.639. The van der Waals surface area contributed by atoms with Gasteiger partial charge in [-0.3, -0.25) is 4.79 Å². The second-order valence-electron chi connectivity index (χ2n) is 7.10. The Morgan fingerprint density at radius 1 is 1.00 bits per heavy atom. The van der Waals surface area contributed by atoms with Crippen molar-refractivity contribution in [2.45, 2.75) is 71.3 Å². The first-order valence-electron chi connectivity index (χ1n) is 7.37. The summed E-state index contributed by atoms with van der Waals surface area (Å²) < 4.78 is 10.3. The summed E-state index contributed by atoms with van der Waals surface area (Å²) in [6, 6.07) is -1.21. The number of likely N-dealkylation sites (N-methyl/N-ethyl adjacent to an activating group) is 1. The van der Waals surface area contributed by atoms with E-state index in [0.29, 0.717) is 0 Å². The molecule has 0 saturated carbocycles. The first-order valence-corrected chi connectivity index (χ1v) is 7.37. The minimum atomic E-state index is -1.47. The molecule has 0 aromatic carbocycles. The molecule has 8 nitrogen and oxygen atoms in total. The predicted octanol–water partition coefficient (Wildman–Crippen LogP) is 0.718. The van der Waals surface area contributed by atoms with Crippen LogP contribution in [-0.2, 0) is 19.1 Å². The predicted molar refractivity (Wildman–Crippen MR) is 83.7 cm³/mol. The summed E-state index contributed by atoms with van der Waals surface area (Å²) in [5, 5.41) is 14.4. The number of aliphatic hydroxyl groups excluding tert-OH is 1. The number of aliphatic hydroxyl groups is 1. The molecule has 2 atom stereocenters. The van der Waals surface area contributed by atoms with Crippen LogP contribution >= 0.6 is 0 Å². The zero-order valence-corrected chi connectivity index (χ0v) is 14.9. The van der Waals surface area contributed by atoms with Crippen molar-refractivity contribution in [2.24, 2.45) is 0 Å². The Morgan fingerprint density at radius 3 is 1.87 bits per heavy atom. The zero-order chi connectivity index (χ0) is 18.4. The molecule has 0 rings (SSSR count). The number of carbonyl (C=O) groups is 3. The Bertz CT molecular complexity index is 436. The smallest absolute Gasteiger partial charge is 0.408 e. The van der Waals surface area contributed by atoms with E-state index in [1.807, 2.05) is 0 Å². The van der Waals surface area contributed by atoms with Gasteiger partial charge in [0.2, 0.25) is 5.91 Å². The van der Waals surface area contributed by atoms with Crippen LogP contribution in [0.1, 0.15) is 48.0 Å². The van der Waals surface area contributed by atoms with E-state index >= 15 is 0 Å². The highest BCUT2D eigenvalue weighted by molar-refractivity contribution is 5.84. The molecule has 23 heavy (non-hydrogen) atoms. The van der Waals surface area contributed by atoms with E-state index in [-0.39, 0.29) is 6.42 Å². The van der Waals surface area contributed by atoms with Crippen molar-refractivity contribution in [2.75, 3.05) is 7.05 Å². The molecule has 0 spiro atoms. The molecule has 8 heteroatoms. The van der Waals surface area contributed by atoms with E-state index in [0.717, 1.165) is 0 Å². The Labute approximate surface area is 136 Å². The van der Waals surface area contributed by atoms with Crippen molar-refractivity contribution in [3.05, 3.63) is 0 Å². The van der Waals surface area contributed by atoms with Crippen LogP contribution in [0, 0.1) is 0 Å². The van der Waals surface area contributed by atoms with E-state index in [4.69, 9.17) is 9.47 Å². The van der Waals surface area contributed by atoms with Gasteiger partial charge in [0.25, 0.3) is 0 Å². The van der Waals surface area contributed by atoms with Crippen LogP contribution in [0.5, 0.6) is 0 Å². The molecule has 0 bridgehead atoms. The number of carbonyl (C=O) groups excluding carboxylic acids is 3. The summed E-state index contributed by atoms with van der Waals surface area (Å²) in [5.41, 5.74) is -1.52. The third-order valence-corrected chi connectivity index (χ3v) is 2.39. The van der Waals surface area contributed by atoms with Crippen LogP contribution in [0.4, 0.5) is 4.79 Å². The van der Waals surface area contributed by atoms with Crippen LogP contribution in [0.15, 0.2) is 0 Å². The van der Waals surface area contributed by atoms with Crippen molar-refractivity contribution in [1.29, 1.82) is 0 Å². The lowest BCUT2D eigenvalue weighted by atomic mass is 10.1. The normalized spacial score (nSPS) is 14.4. The molecule has 134 valence electrons. The SMILES string of the molecule is CNC(=O)[C@H](O)C[C@@H](NC(=O)OC(C)(C)C)C(=O)OC(C)(C)C. The van der Waals surface area contributed by atoms with Gasteiger partial charge in [0, 0.05) is 13.5 Å². The van der Waals surface area contributed by atoms with Gasteiger partial charge in [-0.15, -0.1) is 0 Å². The number of hydrogen-bond donors (Lipinski definition) is 3. The fourth-order valence-corrected chi connectivity index (χ4v) is 1.53. The van der Waals surface area contributed by atoms with Gasteiger partial charge in [0.05, 0.1) is 0 Å². The largest absolute Gasteiger partial charge is 0.458 e. The molecule has 0 aliphatic carbocycles. The van der Waals surface area contributed by atoms with Gasteiger partial charge in [0.1, 0.15) is 23.3 Å². The van der Waals surface area contributed by atoms with Crippen LogP contribution in [-0.4, -0.2) is 53.5 Å². The average Bonchev–Trinajstić information content (AvgIpc) is 2.32. The molecule has 0 aliphatic heterocycles. The van der Waals surface area contributed by atoms with Crippen molar-refractivity contribution >= 4 is 18.0 Å². The highest BCUT2D eigenvalue weighted by Gasteiger charge is 2.32. The number of esters is 1. The lowest BCUT2D eigenvalue weighted by Gasteiger charge is -2.27. The van der Waals surface area contributed by atoms with Crippen LogP contribution in [0.25, 0.3) is 0 Å². The van der Waals surface area contributed by atoms with Crippen molar-refractivity contribution in [1.82, 2.24) is 10.6 Å². The molecule has 0 fully saturated rings. The standard InChI is InChI=1S/C15H28N2O6/c1-14(2,3)22-12(20)9(8-10(18)11(19)16-7)17-13(21)23-15(4,5)6/h9-10,18H,8H2,1-7H3,(H,16,19)(H,17,21)/t9-,10-/m1/s1. The maximum Gasteiger partial charge on any atom is 0.408 e. The number of ether oxygens (including phenoxy) is 2. The maximum absolute atomic E-state index is 12.2. The second kappa shape index (κ2) is 8.14. The van der Waals surface area contributed by atoms with Crippen molar-refractivity contribution in [3.8, 4) is 0 Å². The lowest BCUT2D eigenvalue weighted by molar-refractivity contribution is -0.158. The highest BCUT2D eigenvalue weighted by Crippen LogP contribution is 2.12. The van der Waals surface area contributed by atoms with E-state index in [1.165, 1.54) is 7.05 Å². The average molecular weight is 332 g/mol. The molecule has 0 unspecified atom stereocenters. The zero-order valence-electron chi connectivity index (χ0n) is 14.9. The van der Waals surface area contributed by atoms with Crippen LogP contribution in [0.3, 0.4) is 0 Å². The van der Waals surface area contributed by atoms with Gasteiger partial charge in [-0.1, -0.05) is 0 Å². The monoisotopic (exact) mass is 332 g/mol. The molecule has 3 N–H and O–H groups in total. The second-order valence-corrected chi connectivity index (χ2v) is 7.10. The molecule has 0 aliphatic rings. The Morgan fingerprint density at radius 2 is 1.48 bits per heavy atom. The summed E-state index contributed by atoms with van der Waals surface area (Å²) in [6.45, 7) is 10.0. The van der Waals surface area contributed by atoms with E-state index in [1.54, 1.807) is 41.5 Å². The van der Waals surface area contributed by atoms with Gasteiger partial charge in [-0.2, -0.15) is 0 Å². The topological polar surface area (TPSA) is 114 Å². The van der Waals surface area contributed by atoms with Gasteiger partial charge in [-0.05, 0) is 41.5 Å². The van der Waals surface area contributed by atoms with E-state index < -0.39 is 41.3 Å².